The molecule has 122 valence electrons. The fourth-order valence-corrected chi connectivity index (χ4v) is 4.89. The molecule has 4 rings (SSSR count). The molecular formula is C17H13NO4S2. The molecule has 0 spiro atoms. The monoisotopic (exact) mass is 359 g/mol. The van der Waals surface area contributed by atoms with E-state index < -0.39 is 0 Å². The maximum absolute atomic E-state index is 12.4. The van der Waals surface area contributed by atoms with Crippen molar-refractivity contribution in [2.24, 2.45) is 0 Å². The first-order valence-electron chi connectivity index (χ1n) is 7.27. The number of amides is 1. The summed E-state index contributed by atoms with van der Waals surface area (Å²) >= 11 is 2.84. The van der Waals surface area contributed by atoms with Crippen LogP contribution in [0.25, 0.3) is 11.0 Å². The summed E-state index contributed by atoms with van der Waals surface area (Å²) in [4.78, 5) is 26.4. The van der Waals surface area contributed by atoms with E-state index in [1.807, 2.05) is 24.3 Å². The molecule has 0 fully saturated rings. The predicted octanol–water partition coefficient (Wildman–Crippen LogP) is 3.92. The van der Waals surface area contributed by atoms with Crippen LogP contribution >= 0.6 is 23.1 Å². The van der Waals surface area contributed by atoms with Crippen LogP contribution in [-0.4, -0.2) is 24.7 Å². The average Bonchev–Trinajstić information content (AvgIpc) is 3.22. The second kappa shape index (κ2) is 5.99. The molecule has 0 bridgehead atoms. The molecule has 0 saturated carbocycles. The smallest absolute Gasteiger partial charge is 0.348 e. The normalized spacial score (nSPS) is 14.0. The third-order valence-corrected chi connectivity index (χ3v) is 6.21. The Hall–Kier alpha value is -2.25. The molecule has 2 aromatic heterocycles. The third kappa shape index (κ3) is 2.59. The number of hydrogen-bond acceptors (Lipinski definition) is 6. The zero-order chi connectivity index (χ0) is 16.7. The van der Waals surface area contributed by atoms with E-state index in [0.717, 1.165) is 26.4 Å². The molecule has 3 heterocycles. The third-order valence-electron chi connectivity index (χ3n) is 3.84. The Balaban J connectivity index is 1.68. The van der Waals surface area contributed by atoms with Crippen molar-refractivity contribution in [2.45, 2.75) is 10.8 Å². The molecule has 3 aromatic rings. The van der Waals surface area contributed by atoms with Crippen LogP contribution in [0.2, 0.25) is 0 Å². The molecule has 1 aliphatic heterocycles. The summed E-state index contributed by atoms with van der Waals surface area (Å²) in [5.74, 6) is 0.0402. The van der Waals surface area contributed by atoms with Crippen LogP contribution in [-0.2, 0) is 16.1 Å². The van der Waals surface area contributed by atoms with Gasteiger partial charge in [-0.25, -0.2) is 4.79 Å². The van der Waals surface area contributed by atoms with Gasteiger partial charge in [0.15, 0.2) is 0 Å². The second-order valence-corrected chi connectivity index (χ2v) is 7.63. The van der Waals surface area contributed by atoms with Crippen molar-refractivity contribution in [1.29, 1.82) is 0 Å². The highest BCUT2D eigenvalue weighted by atomic mass is 32.2. The van der Waals surface area contributed by atoms with E-state index in [0.29, 0.717) is 17.2 Å². The summed E-state index contributed by atoms with van der Waals surface area (Å²) < 4.78 is 11.1. The SMILES string of the molecule is COC(=O)c1cc2c(s1)SCC(=O)N2Cc1ccc2occc2c1. The minimum absolute atomic E-state index is 0.0361. The highest BCUT2D eigenvalue weighted by molar-refractivity contribution is 8.02. The van der Waals surface area contributed by atoms with Gasteiger partial charge in [-0.15, -0.1) is 23.1 Å². The molecule has 24 heavy (non-hydrogen) atoms. The first kappa shape index (κ1) is 15.3. The van der Waals surface area contributed by atoms with Gasteiger partial charge in [0.2, 0.25) is 5.91 Å². The number of esters is 1. The van der Waals surface area contributed by atoms with E-state index in [9.17, 15) is 9.59 Å². The second-order valence-electron chi connectivity index (χ2n) is 5.34. The van der Waals surface area contributed by atoms with Crippen molar-refractivity contribution in [3.8, 4) is 0 Å². The number of thiophene rings is 1. The summed E-state index contributed by atoms with van der Waals surface area (Å²) in [6.07, 6.45) is 1.65. The molecule has 5 nitrogen and oxygen atoms in total. The lowest BCUT2D eigenvalue weighted by Gasteiger charge is -2.26. The number of nitrogens with zero attached hydrogens (tertiary/aromatic N) is 1. The van der Waals surface area contributed by atoms with Gasteiger partial charge in [0.25, 0.3) is 0 Å². The Kier molecular flexibility index (Phi) is 3.82. The van der Waals surface area contributed by atoms with Crippen LogP contribution in [0.3, 0.4) is 0 Å². The van der Waals surface area contributed by atoms with Gasteiger partial charge in [0, 0.05) is 5.39 Å². The number of rotatable bonds is 3. The zero-order valence-corrected chi connectivity index (χ0v) is 14.4. The van der Waals surface area contributed by atoms with E-state index in [2.05, 4.69) is 0 Å². The minimum atomic E-state index is -0.373. The van der Waals surface area contributed by atoms with Crippen molar-refractivity contribution >= 4 is 51.6 Å². The Labute approximate surface area is 146 Å². The summed E-state index contributed by atoms with van der Waals surface area (Å²) in [5.41, 5.74) is 2.62. The molecule has 0 radical (unpaired) electrons. The van der Waals surface area contributed by atoms with Gasteiger partial charge in [0.05, 0.1) is 35.6 Å². The topological polar surface area (TPSA) is 59.8 Å². The standard InChI is InChI=1S/C17H13NO4S2/c1-21-16(20)14-7-12-17(24-14)23-9-15(19)18(12)8-10-2-3-13-11(6-10)4-5-22-13/h2-7H,8-9H2,1H3. The molecule has 0 atom stereocenters. The minimum Gasteiger partial charge on any atom is -0.465 e. The number of thioether (sulfide) groups is 1. The molecular weight excluding hydrogens is 346 g/mol. The van der Waals surface area contributed by atoms with Gasteiger partial charge in [-0.05, 0) is 29.8 Å². The fraction of sp³-hybridized carbons (Fsp3) is 0.176. The number of hydrogen-bond donors (Lipinski definition) is 0. The quantitative estimate of drug-likeness (QED) is 0.664. The van der Waals surface area contributed by atoms with E-state index in [1.165, 1.54) is 30.2 Å². The van der Waals surface area contributed by atoms with Crippen molar-refractivity contribution in [3.63, 3.8) is 0 Å². The number of methoxy groups -OCH3 is 1. The molecule has 0 unspecified atom stereocenters. The van der Waals surface area contributed by atoms with Crippen LogP contribution in [0, 0.1) is 0 Å². The Morgan fingerprint density at radius 2 is 2.21 bits per heavy atom. The molecule has 1 aromatic carbocycles. The van der Waals surface area contributed by atoms with Crippen LogP contribution in [0.1, 0.15) is 15.2 Å². The maximum atomic E-state index is 12.4. The van der Waals surface area contributed by atoms with E-state index >= 15 is 0 Å². The number of carbonyl (C=O) groups excluding carboxylic acids is 2. The van der Waals surface area contributed by atoms with Gasteiger partial charge in [-0.1, -0.05) is 6.07 Å². The van der Waals surface area contributed by atoms with E-state index in [4.69, 9.17) is 9.15 Å². The van der Waals surface area contributed by atoms with Crippen LogP contribution in [0.4, 0.5) is 5.69 Å². The Bertz CT molecular complexity index is 943. The fourth-order valence-electron chi connectivity index (χ4n) is 2.67. The summed E-state index contributed by atoms with van der Waals surface area (Å²) in [6, 6.07) is 9.52. The zero-order valence-electron chi connectivity index (χ0n) is 12.8. The predicted molar refractivity (Wildman–Crippen MR) is 93.8 cm³/mol. The van der Waals surface area contributed by atoms with Crippen LogP contribution in [0.5, 0.6) is 0 Å². The highest BCUT2D eigenvalue weighted by Crippen LogP contribution is 2.42. The van der Waals surface area contributed by atoms with Crippen molar-refractivity contribution < 1.29 is 18.7 Å². The van der Waals surface area contributed by atoms with Crippen LogP contribution < -0.4 is 4.90 Å². The molecule has 7 heteroatoms. The maximum Gasteiger partial charge on any atom is 0.348 e. The Morgan fingerprint density at radius 3 is 3.04 bits per heavy atom. The van der Waals surface area contributed by atoms with Crippen molar-refractivity contribution in [2.75, 3.05) is 17.8 Å². The average molecular weight is 359 g/mol. The number of benzene rings is 1. The largest absolute Gasteiger partial charge is 0.465 e. The lowest BCUT2D eigenvalue weighted by Crippen LogP contribution is -2.34. The summed E-state index contributed by atoms with van der Waals surface area (Å²) in [5, 5.41) is 1.01. The lowest BCUT2D eigenvalue weighted by atomic mass is 10.1. The molecule has 0 saturated heterocycles. The highest BCUT2D eigenvalue weighted by Gasteiger charge is 2.29. The van der Waals surface area contributed by atoms with E-state index in [1.54, 1.807) is 17.2 Å². The Morgan fingerprint density at radius 1 is 1.33 bits per heavy atom. The summed E-state index contributed by atoms with van der Waals surface area (Å²) in [7, 11) is 1.36. The summed E-state index contributed by atoms with van der Waals surface area (Å²) in [6.45, 7) is 0.463. The number of carbonyl (C=O) groups is 2. The number of anilines is 1. The van der Waals surface area contributed by atoms with Crippen molar-refractivity contribution in [1.82, 2.24) is 0 Å². The molecule has 0 aliphatic carbocycles. The molecule has 0 N–H and O–H groups in total. The molecule has 1 amide bonds. The van der Waals surface area contributed by atoms with Gasteiger partial charge in [-0.3, -0.25) is 4.79 Å². The first-order valence-corrected chi connectivity index (χ1v) is 9.07. The van der Waals surface area contributed by atoms with Gasteiger partial charge in [-0.2, -0.15) is 0 Å². The number of ether oxygens (including phenoxy) is 1. The van der Waals surface area contributed by atoms with Gasteiger partial charge >= 0.3 is 5.97 Å². The number of fused-ring (bicyclic) bond motifs is 2. The van der Waals surface area contributed by atoms with Gasteiger partial charge < -0.3 is 14.1 Å². The first-order chi connectivity index (χ1) is 11.7. The number of furan rings is 1. The van der Waals surface area contributed by atoms with Crippen molar-refractivity contribution in [3.05, 3.63) is 47.0 Å². The van der Waals surface area contributed by atoms with Gasteiger partial charge in [0.1, 0.15) is 10.5 Å². The van der Waals surface area contributed by atoms with Crippen LogP contribution in [0.15, 0.2) is 45.2 Å². The lowest BCUT2D eigenvalue weighted by molar-refractivity contribution is -0.116. The van der Waals surface area contributed by atoms with E-state index in [-0.39, 0.29) is 11.9 Å². The molecule has 1 aliphatic rings.